The normalized spacial score (nSPS) is 16.7. The molecule has 0 aromatic carbocycles. The van der Waals surface area contributed by atoms with Crippen molar-refractivity contribution in [1.82, 2.24) is 4.90 Å². The predicted molar refractivity (Wildman–Crippen MR) is 50.9 cm³/mol. The van der Waals surface area contributed by atoms with Crippen LogP contribution in [0.5, 0.6) is 0 Å². The molecule has 4 nitrogen and oxygen atoms in total. The molecule has 0 unspecified atom stereocenters. The number of rotatable bonds is 4. The molecule has 4 heteroatoms. The van der Waals surface area contributed by atoms with Crippen molar-refractivity contribution in [1.29, 1.82) is 0 Å². The standard InChI is InChI=1S/C9H16N2O2/c10-9(7-12,8-13)6-11-4-2-1-3-5-11/h1-4,12-13H,5-8,10H2. The lowest BCUT2D eigenvalue weighted by molar-refractivity contribution is 0.0993. The summed E-state index contributed by atoms with van der Waals surface area (Å²) in [6.07, 6.45) is 7.74. The SMILES string of the molecule is NC(CO)(CO)CN1C=CC=CC1. The van der Waals surface area contributed by atoms with Crippen LogP contribution in [0.15, 0.2) is 24.4 Å². The number of hydrogen-bond donors (Lipinski definition) is 3. The zero-order chi connectivity index (χ0) is 9.73. The van der Waals surface area contributed by atoms with Crippen molar-refractivity contribution in [3.05, 3.63) is 24.4 Å². The van der Waals surface area contributed by atoms with E-state index in [1.165, 1.54) is 0 Å². The maximum absolute atomic E-state index is 8.96. The Balaban J connectivity index is 2.47. The molecule has 0 spiro atoms. The van der Waals surface area contributed by atoms with E-state index in [4.69, 9.17) is 15.9 Å². The molecule has 0 bridgehead atoms. The van der Waals surface area contributed by atoms with Crippen molar-refractivity contribution >= 4 is 0 Å². The zero-order valence-corrected chi connectivity index (χ0v) is 7.56. The van der Waals surface area contributed by atoms with Gasteiger partial charge in [-0.3, -0.25) is 0 Å². The summed E-state index contributed by atoms with van der Waals surface area (Å²) in [5.41, 5.74) is 4.82. The average Bonchev–Trinajstić information content (AvgIpc) is 2.19. The van der Waals surface area contributed by atoms with E-state index in [1.807, 2.05) is 29.3 Å². The first kappa shape index (κ1) is 10.2. The molecule has 1 aliphatic heterocycles. The van der Waals surface area contributed by atoms with Gasteiger partial charge in [0.1, 0.15) is 0 Å². The third-order valence-corrected chi connectivity index (χ3v) is 2.03. The first-order chi connectivity index (χ1) is 6.20. The highest BCUT2D eigenvalue weighted by Crippen LogP contribution is 2.06. The van der Waals surface area contributed by atoms with Gasteiger partial charge in [-0.15, -0.1) is 0 Å². The molecular formula is C9H16N2O2. The van der Waals surface area contributed by atoms with Crippen LogP contribution in [0.1, 0.15) is 0 Å². The topological polar surface area (TPSA) is 69.7 Å². The van der Waals surface area contributed by atoms with Crippen molar-refractivity contribution in [3.63, 3.8) is 0 Å². The summed E-state index contributed by atoms with van der Waals surface area (Å²) in [7, 11) is 0. The average molecular weight is 184 g/mol. The Labute approximate surface area is 78.0 Å². The molecule has 0 aromatic rings. The Kier molecular flexibility index (Phi) is 3.48. The molecule has 1 rings (SSSR count). The van der Waals surface area contributed by atoms with Gasteiger partial charge in [-0.05, 0) is 12.3 Å². The summed E-state index contributed by atoms with van der Waals surface area (Å²) in [5.74, 6) is 0. The summed E-state index contributed by atoms with van der Waals surface area (Å²) in [4.78, 5) is 1.95. The largest absolute Gasteiger partial charge is 0.394 e. The van der Waals surface area contributed by atoms with Gasteiger partial charge in [-0.25, -0.2) is 0 Å². The summed E-state index contributed by atoms with van der Waals surface area (Å²) >= 11 is 0. The second-order valence-electron chi connectivity index (χ2n) is 3.38. The van der Waals surface area contributed by atoms with Gasteiger partial charge in [0.2, 0.25) is 0 Å². The lowest BCUT2D eigenvalue weighted by Crippen LogP contribution is -2.55. The van der Waals surface area contributed by atoms with Gasteiger partial charge in [0.25, 0.3) is 0 Å². The third-order valence-electron chi connectivity index (χ3n) is 2.03. The Morgan fingerprint density at radius 1 is 1.31 bits per heavy atom. The Bertz CT molecular complexity index is 210. The van der Waals surface area contributed by atoms with Gasteiger partial charge in [-0.1, -0.05) is 12.2 Å². The van der Waals surface area contributed by atoms with Crippen molar-refractivity contribution in [2.45, 2.75) is 5.54 Å². The van der Waals surface area contributed by atoms with Crippen LogP contribution < -0.4 is 5.73 Å². The van der Waals surface area contributed by atoms with Crippen LogP contribution in [0.25, 0.3) is 0 Å². The van der Waals surface area contributed by atoms with Gasteiger partial charge in [0.15, 0.2) is 0 Å². The maximum atomic E-state index is 8.96. The van der Waals surface area contributed by atoms with Crippen molar-refractivity contribution < 1.29 is 10.2 Å². The highest BCUT2D eigenvalue weighted by Gasteiger charge is 2.25. The minimum Gasteiger partial charge on any atom is -0.394 e. The van der Waals surface area contributed by atoms with Crippen molar-refractivity contribution in [2.75, 3.05) is 26.3 Å². The molecule has 1 aliphatic rings. The Hall–Kier alpha value is -0.840. The van der Waals surface area contributed by atoms with Gasteiger partial charge in [0, 0.05) is 13.1 Å². The van der Waals surface area contributed by atoms with Crippen LogP contribution in [0.2, 0.25) is 0 Å². The summed E-state index contributed by atoms with van der Waals surface area (Å²) in [6.45, 7) is 0.811. The van der Waals surface area contributed by atoms with Crippen LogP contribution in [0.4, 0.5) is 0 Å². The molecule has 4 N–H and O–H groups in total. The fourth-order valence-electron chi connectivity index (χ4n) is 1.18. The fraction of sp³-hybridized carbons (Fsp3) is 0.556. The molecule has 74 valence electrons. The third kappa shape index (κ3) is 2.84. The molecule has 0 radical (unpaired) electrons. The van der Waals surface area contributed by atoms with Crippen LogP contribution >= 0.6 is 0 Å². The fourth-order valence-corrected chi connectivity index (χ4v) is 1.18. The molecule has 0 saturated heterocycles. The monoisotopic (exact) mass is 184 g/mol. The first-order valence-electron chi connectivity index (χ1n) is 4.28. The number of aliphatic hydroxyl groups excluding tert-OH is 2. The number of allylic oxidation sites excluding steroid dienone is 2. The lowest BCUT2D eigenvalue weighted by Gasteiger charge is -2.32. The van der Waals surface area contributed by atoms with Crippen LogP contribution in [-0.2, 0) is 0 Å². The molecule has 1 heterocycles. The molecule has 13 heavy (non-hydrogen) atoms. The summed E-state index contributed by atoms with van der Waals surface area (Å²) in [6, 6.07) is 0. The lowest BCUT2D eigenvalue weighted by atomic mass is 10.0. The Morgan fingerprint density at radius 3 is 2.46 bits per heavy atom. The molecule has 0 saturated carbocycles. The smallest absolute Gasteiger partial charge is 0.0800 e. The molecule has 0 aromatic heterocycles. The second kappa shape index (κ2) is 4.41. The number of nitrogens with zero attached hydrogens (tertiary/aromatic N) is 1. The van der Waals surface area contributed by atoms with E-state index in [1.54, 1.807) is 0 Å². The molecule has 0 fully saturated rings. The van der Waals surface area contributed by atoms with Gasteiger partial charge < -0.3 is 20.8 Å². The number of aliphatic hydroxyl groups is 2. The van der Waals surface area contributed by atoms with Crippen molar-refractivity contribution in [3.8, 4) is 0 Å². The van der Waals surface area contributed by atoms with Crippen LogP contribution in [0.3, 0.4) is 0 Å². The van der Waals surface area contributed by atoms with Gasteiger partial charge in [-0.2, -0.15) is 0 Å². The molecule has 0 aliphatic carbocycles. The van der Waals surface area contributed by atoms with E-state index in [2.05, 4.69) is 0 Å². The number of hydrogen-bond acceptors (Lipinski definition) is 4. The van der Waals surface area contributed by atoms with Crippen LogP contribution in [-0.4, -0.2) is 47.0 Å². The molecule has 0 amide bonds. The van der Waals surface area contributed by atoms with Crippen molar-refractivity contribution in [2.24, 2.45) is 5.73 Å². The maximum Gasteiger partial charge on any atom is 0.0800 e. The first-order valence-corrected chi connectivity index (χ1v) is 4.28. The zero-order valence-electron chi connectivity index (χ0n) is 7.56. The predicted octanol–water partition coefficient (Wildman–Crippen LogP) is -0.946. The summed E-state index contributed by atoms with van der Waals surface area (Å²) in [5, 5.41) is 17.9. The van der Waals surface area contributed by atoms with E-state index >= 15 is 0 Å². The van der Waals surface area contributed by atoms with Crippen LogP contribution in [0, 0.1) is 0 Å². The van der Waals surface area contributed by atoms with E-state index < -0.39 is 5.54 Å². The van der Waals surface area contributed by atoms with Gasteiger partial charge in [0.05, 0.1) is 18.8 Å². The Morgan fingerprint density at radius 2 is 2.00 bits per heavy atom. The molecular weight excluding hydrogens is 168 g/mol. The highest BCUT2D eigenvalue weighted by molar-refractivity contribution is 5.09. The number of nitrogens with two attached hydrogens (primary N) is 1. The van der Waals surface area contributed by atoms with E-state index in [-0.39, 0.29) is 13.2 Å². The quantitative estimate of drug-likeness (QED) is 0.527. The minimum absolute atomic E-state index is 0.211. The van der Waals surface area contributed by atoms with E-state index in [9.17, 15) is 0 Å². The van der Waals surface area contributed by atoms with E-state index in [0.717, 1.165) is 6.54 Å². The summed E-state index contributed by atoms with van der Waals surface area (Å²) < 4.78 is 0. The minimum atomic E-state index is -0.907. The van der Waals surface area contributed by atoms with E-state index in [0.29, 0.717) is 6.54 Å². The highest BCUT2D eigenvalue weighted by atomic mass is 16.3. The molecule has 0 atom stereocenters. The second-order valence-corrected chi connectivity index (χ2v) is 3.38. The van der Waals surface area contributed by atoms with Gasteiger partial charge >= 0.3 is 0 Å².